The second-order valence-corrected chi connectivity index (χ2v) is 7.21. The Morgan fingerprint density at radius 1 is 1.13 bits per heavy atom. The summed E-state index contributed by atoms with van der Waals surface area (Å²) in [6, 6.07) is 14.2. The first-order chi connectivity index (χ1) is 10.9. The fourth-order valence-electron chi connectivity index (χ4n) is 2.00. The topological polar surface area (TPSA) is 63.2 Å². The second-order valence-electron chi connectivity index (χ2n) is 5.19. The van der Waals surface area contributed by atoms with Crippen molar-refractivity contribution >= 4 is 27.6 Å². The number of aryl methyl sites for hydroxylation is 1. The van der Waals surface area contributed by atoms with E-state index < -0.39 is 10.0 Å². The zero-order chi connectivity index (χ0) is 16.9. The molecule has 5 heteroatoms. The van der Waals surface area contributed by atoms with Gasteiger partial charge in [-0.1, -0.05) is 35.9 Å². The molecule has 2 aromatic rings. The summed E-state index contributed by atoms with van der Waals surface area (Å²) in [5, 5.41) is 0. The van der Waals surface area contributed by atoms with E-state index in [2.05, 4.69) is 4.72 Å². The van der Waals surface area contributed by atoms with E-state index in [0.29, 0.717) is 11.3 Å². The molecule has 0 aliphatic heterocycles. The van der Waals surface area contributed by atoms with Gasteiger partial charge in [0.1, 0.15) is 0 Å². The van der Waals surface area contributed by atoms with E-state index in [-0.39, 0.29) is 11.5 Å². The SMILES string of the molecule is CCS(=O)(=O)Nc1ccc(C(=O)/C=C/c2cccc(C)c2)cc1. The Balaban J connectivity index is 2.08. The van der Waals surface area contributed by atoms with Crippen molar-refractivity contribution in [2.45, 2.75) is 13.8 Å². The van der Waals surface area contributed by atoms with Crippen LogP contribution < -0.4 is 4.72 Å². The van der Waals surface area contributed by atoms with Crippen molar-refractivity contribution in [3.05, 3.63) is 71.3 Å². The van der Waals surface area contributed by atoms with Crippen LogP contribution in [0.1, 0.15) is 28.4 Å². The molecule has 0 aliphatic carbocycles. The third kappa shape index (κ3) is 5.07. The lowest BCUT2D eigenvalue weighted by atomic mass is 10.1. The molecular weight excluding hydrogens is 310 g/mol. The van der Waals surface area contributed by atoms with E-state index in [1.807, 2.05) is 31.2 Å². The Labute approximate surface area is 136 Å². The molecule has 0 spiro atoms. The molecule has 23 heavy (non-hydrogen) atoms. The smallest absolute Gasteiger partial charge is 0.232 e. The van der Waals surface area contributed by atoms with Crippen molar-refractivity contribution in [2.75, 3.05) is 10.5 Å². The van der Waals surface area contributed by atoms with Gasteiger partial charge in [-0.3, -0.25) is 9.52 Å². The molecule has 0 aliphatic rings. The monoisotopic (exact) mass is 329 g/mol. The first-order valence-electron chi connectivity index (χ1n) is 7.29. The minimum atomic E-state index is -3.30. The summed E-state index contributed by atoms with van der Waals surface area (Å²) < 4.78 is 25.4. The van der Waals surface area contributed by atoms with Crippen molar-refractivity contribution in [3.63, 3.8) is 0 Å². The summed E-state index contributed by atoms with van der Waals surface area (Å²) in [6.07, 6.45) is 3.28. The third-order valence-corrected chi connectivity index (χ3v) is 4.60. The van der Waals surface area contributed by atoms with Gasteiger partial charge in [0.2, 0.25) is 10.0 Å². The molecule has 0 saturated carbocycles. The lowest BCUT2D eigenvalue weighted by Crippen LogP contribution is -2.14. The van der Waals surface area contributed by atoms with Crippen molar-refractivity contribution in [3.8, 4) is 0 Å². The van der Waals surface area contributed by atoms with E-state index in [1.165, 1.54) is 6.08 Å². The van der Waals surface area contributed by atoms with E-state index in [9.17, 15) is 13.2 Å². The van der Waals surface area contributed by atoms with Crippen LogP contribution >= 0.6 is 0 Å². The zero-order valence-electron chi connectivity index (χ0n) is 13.1. The number of carbonyl (C=O) groups excluding carboxylic acids is 1. The number of ketones is 1. The molecule has 0 atom stereocenters. The maximum absolute atomic E-state index is 12.1. The van der Waals surface area contributed by atoms with E-state index in [4.69, 9.17) is 0 Å². The van der Waals surface area contributed by atoms with Gasteiger partial charge in [-0.2, -0.15) is 0 Å². The van der Waals surface area contributed by atoms with Crippen molar-refractivity contribution in [2.24, 2.45) is 0 Å². The predicted octanol–water partition coefficient (Wildman–Crippen LogP) is 3.65. The molecule has 0 bridgehead atoms. The number of hydrogen-bond acceptors (Lipinski definition) is 3. The maximum Gasteiger partial charge on any atom is 0.232 e. The Hall–Kier alpha value is -2.40. The summed E-state index contributed by atoms with van der Waals surface area (Å²) in [7, 11) is -3.30. The molecule has 2 aromatic carbocycles. The van der Waals surface area contributed by atoms with Crippen molar-refractivity contribution in [1.82, 2.24) is 0 Å². The lowest BCUT2D eigenvalue weighted by molar-refractivity contribution is 0.104. The van der Waals surface area contributed by atoms with Gasteiger partial charge in [0, 0.05) is 11.3 Å². The minimum Gasteiger partial charge on any atom is -0.289 e. The van der Waals surface area contributed by atoms with Gasteiger partial charge in [0.15, 0.2) is 5.78 Å². The number of carbonyl (C=O) groups is 1. The van der Waals surface area contributed by atoms with Crippen molar-refractivity contribution < 1.29 is 13.2 Å². The van der Waals surface area contributed by atoms with Gasteiger partial charge in [-0.05, 0) is 49.8 Å². The molecule has 0 aromatic heterocycles. The summed E-state index contributed by atoms with van der Waals surface area (Å²) in [5.41, 5.74) is 3.05. The molecule has 0 heterocycles. The molecule has 0 unspecified atom stereocenters. The van der Waals surface area contributed by atoms with Gasteiger partial charge in [-0.25, -0.2) is 8.42 Å². The normalized spacial score (nSPS) is 11.6. The predicted molar refractivity (Wildman–Crippen MR) is 94.1 cm³/mol. The van der Waals surface area contributed by atoms with Crippen LogP contribution in [0, 0.1) is 6.92 Å². The van der Waals surface area contributed by atoms with Crippen LogP contribution in [-0.4, -0.2) is 20.0 Å². The zero-order valence-corrected chi connectivity index (χ0v) is 13.9. The van der Waals surface area contributed by atoms with Crippen LogP contribution in [0.4, 0.5) is 5.69 Å². The molecule has 0 radical (unpaired) electrons. The van der Waals surface area contributed by atoms with Gasteiger partial charge < -0.3 is 0 Å². The van der Waals surface area contributed by atoms with Crippen molar-refractivity contribution in [1.29, 1.82) is 0 Å². The van der Waals surface area contributed by atoms with Crippen LogP contribution in [0.25, 0.3) is 6.08 Å². The highest BCUT2D eigenvalue weighted by molar-refractivity contribution is 7.92. The fourth-order valence-corrected chi connectivity index (χ4v) is 2.64. The average Bonchev–Trinajstić information content (AvgIpc) is 2.53. The molecule has 0 amide bonds. The first-order valence-corrected chi connectivity index (χ1v) is 8.94. The van der Waals surface area contributed by atoms with Crippen LogP contribution in [0.15, 0.2) is 54.6 Å². The Bertz CT molecular complexity index is 822. The number of benzene rings is 2. The highest BCUT2D eigenvalue weighted by Crippen LogP contribution is 2.13. The van der Waals surface area contributed by atoms with E-state index >= 15 is 0 Å². The number of sulfonamides is 1. The van der Waals surface area contributed by atoms with Crippen LogP contribution in [-0.2, 0) is 10.0 Å². The Morgan fingerprint density at radius 3 is 2.43 bits per heavy atom. The lowest BCUT2D eigenvalue weighted by Gasteiger charge is -2.06. The number of allylic oxidation sites excluding steroid dienone is 1. The third-order valence-electron chi connectivity index (χ3n) is 3.29. The van der Waals surface area contributed by atoms with Crippen LogP contribution in [0.5, 0.6) is 0 Å². The quantitative estimate of drug-likeness (QED) is 0.650. The molecule has 2 rings (SSSR count). The summed E-state index contributed by atoms with van der Waals surface area (Å²) in [6.45, 7) is 3.56. The largest absolute Gasteiger partial charge is 0.289 e. The van der Waals surface area contributed by atoms with Gasteiger partial charge >= 0.3 is 0 Å². The number of nitrogens with one attached hydrogen (secondary N) is 1. The first kappa shape index (κ1) is 17.0. The summed E-state index contributed by atoms with van der Waals surface area (Å²) in [5.74, 6) is -0.121. The second kappa shape index (κ2) is 7.24. The maximum atomic E-state index is 12.1. The highest BCUT2D eigenvalue weighted by Gasteiger charge is 2.07. The van der Waals surface area contributed by atoms with Crippen LogP contribution in [0.3, 0.4) is 0 Å². The molecule has 1 N–H and O–H groups in total. The number of anilines is 1. The summed E-state index contributed by atoms with van der Waals surface area (Å²) in [4.78, 5) is 12.1. The molecule has 120 valence electrons. The molecule has 0 saturated heterocycles. The molecule has 4 nitrogen and oxygen atoms in total. The number of rotatable bonds is 6. The highest BCUT2D eigenvalue weighted by atomic mass is 32.2. The number of hydrogen-bond donors (Lipinski definition) is 1. The Morgan fingerprint density at radius 2 is 1.83 bits per heavy atom. The summed E-state index contributed by atoms with van der Waals surface area (Å²) >= 11 is 0. The minimum absolute atomic E-state index is 0.00686. The molecular formula is C18H19NO3S. The van der Waals surface area contributed by atoms with Gasteiger partial charge in [-0.15, -0.1) is 0 Å². The van der Waals surface area contributed by atoms with E-state index in [1.54, 1.807) is 37.3 Å². The van der Waals surface area contributed by atoms with Gasteiger partial charge in [0.25, 0.3) is 0 Å². The van der Waals surface area contributed by atoms with E-state index in [0.717, 1.165) is 11.1 Å². The fraction of sp³-hybridized carbons (Fsp3) is 0.167. The van der Waals surface area contributed by atoms with Gasteiger partial charge in [0.05, 0.1) is 5.75 Å². The molecule has 0 fully saturated rings. The average molecular weight is 329 g/mol. The standard InChI is InChI=1S/C18H19NO3S/c1-3-23(21,22)19-17-10-8-16(9-11-17)18(20)12-7-15-6-4-5-14(2)13-15/h4-13,19H,3H2,1-2H3/b12-7+. The van der Waals surface area contributed by atoms with Crippen LogP contribution in [0.2, 0.25) is 0 Å². The Kier molecular flexibility index (Phi) is 5.34.